The minimum atomic E-state index is -0.603. The lowest BCUT2D eigenvalue weighted by Crippen LogP contribution is -2.41. The molecule has 2 N–H and O–H groups in total. The van der Waals surface area contributed by atoms with E-state index in [0.717, 1.165) is 16.9 Å². The van der Waals surface area contributed by atoms with Crippen LogP contribution >= 0.6 is 0 Å². The zero-order chi connectivity index (χ0) is 20.8. The summed E-state index contributed by atoms with van der Waals surface area (Å²) in [5, 5.41) is 4.91. The first kappa shape index (κ1) is 20.5. The van der Waals surface area contributed by atoms with Crippen molar-refractivity contribution in [2.45, 2.75) is 13.8 Å². The Morgan fingerprint density at radius 3 is 2.55 bits per heavy atom. The molecule has 0 atom stereocenters. The number of carbonyl (C=O) groups is 2. The SMILES string of the molecule is Cc1cc(C)cc(OCCN(C)CC(=O)NC(=O)Nc2ccc3c(c2)OCO3)c1. The molecule has 2 aromatic rings. The molecule has 0 radical (unpaired) electrons. The summed E-state index contributed by atoms with van der Waals surface area (Å²) in [4.78, 5) is 25.9. The molecule has 0 saturated carbocycles. The number of nitrogens with one attached hydrogen (secondary N) is 2. The van der Waals surface area contributed by atoms with Gasteiger partial charge in [-0.3, -0.25) is 15.0 Å². The number of nitrogens with zero attached hydrogens (tertiary/aromatic N) is 1. The van der Waals surface area contributed by atoms with Gasteiger partial charge < -0.3 is 19.5 Å². The number of hydrogen-bond acceptors (Lipinski definition) is 6. The molecule has 1 heterocycles. The summed E-state index contributed by atoms with van der Waals surface area (Å²) in [6, 6.07) is 10.4. The summed E-state index contributed by atoms with van der Waals surface area (Å²) in [7, 11) is 1.79. The van der Waals surface area contributed by atoms with Crippen molar-refractivity contribution in [2.75, 3.05) is 38.9 Å². The van der Waals surface area contributed by atoms with Crippen molar-refractivity contribution in [3.05, 3.63) is 47.5 Å². The van der Waals surface area contributed by atoms with Crippen LogP contribution in [0.25, 0.3) is 0 Å². The number of fused-ring (bicyclic) bond motifs is 1. The third kappa shape index (κ3) is 6.11. The van der Waals surface area contributed by atoms with Gasteiger partial charge in [0.25, 0.3) is 0 Å². The van der Waals surface area contributed by atoms with Crippen molar-refractivity contribution in [2.24, 2.45) is 0 Å². The molecule has 0 saturated heterocycles. The molecule has 1 aliphatic rings. The van der Waals surface area contributed by atoms with Crippen molar-refractivity contribution >= 4 is 17.6 Å². The van der Waals surface area contributed by atoms with Crippen LogP contribution < -0.4 is 24.8 Å². The Balaban J connectivity index is 1.38. The minimum absolute atomic E-state index is 0.0742. The van der Waals surface area contributed by atoms with Gasteiger partial charge in [-0.25, -0.2) is 4.79 Å². The Labute approximate surface area is 169 Å². The standard InChI is InChI=1S/C21H25N3O5/c1-14-8-15(2)10-17(9-14)27-7-6-24(3)12-20(25)23-21(26)22-16-4-5-18-19(11-16)29-13-28-18/h4-5,8-11H,6-7,12-13H2,1-3H3,(H2,22,23,25,26). The number of imide groups is 1. The van der Waals surface area contributed by atoms with Crippen LogP contribution in [0.2, 0.25) is 0 Å². The monoisotopic (exact) mass is 399 g/mol. The maximum absolute atomic E-state index is 12.1. The number of anilines is 1. The summed E-state index contributed by atoms with van der Waals surface area (Å²) in [5.41, 5.74) is 2.79. The molecule has 3 amide bonds. The molecular weight excluding hydrogens is 374 g/mol. The summed E-state index contributed by atoms with van der Waals surface area (Å²) in [5.74, 6) is 1.58. The second-order valence-electron chi connectivity index (χ2n) is 6.98. The molecule has 0 fully saturated rings. The van der Waals surface area contributed by atoms with Gasteiger partial charge in [-0.1, -0.05) is 6.07 Å². The Bertz CT molecular complexity index is 880. The highest BCUT2D eigenvalue weighted by Gasteiger charge is 2.15. The number of hydrogen-bond donors (Lipinski definition) is 2. The second-order valence-corrected chi connectivity index (χ2v) is 6.98. The van der Waals surface area contributed by atoms with E-state index in [2.05, 4.69) is 16.7 Å². The van der Waals surface area contributed by atoms with E-state index in [9.17, 15) is 9.59 Å². The predicted octanol–water partition coefficient (Wildman–Crippen LogP) is 2.69. The van der Waals surface area contributed by atoms with Crippen molar-refractivity contribution in [1.29, 1.82) is 0 Å². The van der Waals surface area contributed by atoms with Crippen LogP contribution in [-0.2, 0) is 4.79 Å². The largest absolute Gasteiger partial charge is 0.492 e. The van der Waals surface area contributed by atoms with E-state index >= 15 is 0 Å². The zero-order valence-electron chi connectivity index (χ0n) is 16.8. The van der Waals surface area contributed by atoms with Crippen molar-refractivity contribution < 1.29 is 23.8 Å². The van der Waals surface area contributed by atoms with Gasteiger partial charge in [0, 0.05) is 18.3 Å². The van der Waals surface area contributed by atoms with Crippen molar-refractivity contribution in [1.82, 2.24) is 10.2 Å². The van der Waals surface area contributed by atoms with Crippen LogP contribution in [0.15, 0.2) is 36.4 Å². The molecule has 0 bridgehead atoms. The van der Waals surface area contributed by atoms with Crippen LogP contribution in [0.3, 0.4) is 0 Å². The van der Waals surface area contributed by atoms with Gasteiger partial charge in [-0.05, 0) is 56.3 Å². The maximum Gasteiger partial charge on any atom is 0.325 e. The number of amides is 3. The van der Waals surface area contributed by atoms with Gasteiger partial charge in [0.15, 0.2) is 11.5 Å². The summed E-state index contributed by atoms with van der Waals surface area (Å²) >= 11 is 0. The van der Waals surface area contributed by atoms with E-state index in [4.69, 9.17) is 14.2 Å². The van der Waals surface area contributed by atoms with Gasteiger partial charge in [0.2, 0.25) is 12.7 Å². The van der Waals surface area contributed by atoms with E-state index in [0.29, 0.717) is 30.3 Å². The Kier molecular flexibility index (Phi) is 6.56. The lowest BCUT2D eigenvalue weighted by molar-refractivity contribution is -0.120. The molecule has 0 spiro atoms. The first-order chi connectivity index (χ1) is 13.9. The molecule has 8 heteroatoms. The fourth-order valence-corrected chi connectivity index (χ4v) is 2.96. The van der Waals surface area contributed by atoms with Crippen molar-refractivity contribution in [3.63, 3.8) is 0 Å². The molecule has 0 unspecified atom stereocenters. The molecule has 2 aromatic carbocycles. The Hall–Kier alpha value is -3.26. The molecule has 8 nitrogen and oxygen atoms in total. The highest BCUT2D eigenvalue weighted by atomic mass is 16.7. The number of urea groups is 1. The number of aryl methyl sites for hydroxylation is 2. The number of carbonyl (C=O) groups excluding carboxylic acids is 2. The van der Waals surface area contributed by atoms with Crippen LogP contribution in [-0.4, -0.2) is 50.4 Å². The number of rotatable bonds is 7. The predicted molar refractivity (Wildman–Crippen MR) is 109 cm³/mol. The average molecular weight is 399 g/mol. The van der Waals surface area contributed by atoms with Gasteiger partial charge in [-0.2, -0.15) is 0 Å². The lowest BCUT2D eigenvalue weighted by Gasteiger charge is -2.17. The maximum atomic E-state index is 12.1. The molecule has 0 aromatic heterocycles. The second kappa shape index (κ2) is 9.29. The first-order valence-corrected chi connectivity index (χ1v) is 9.29. The third-order valence-electron chi connectivity index (χ3n) is 4.23. The van der Waals surface area contributed by atoms with E-state index in [-0.39, 0.29) is 13.3 Å². The lowest BCUT2D eigenvalue weighted by atomic mass is 10.1. The fourth-order valence-electron chi connectivity index (χ4n) is 2.96. The normalized spacial score (nSPS) is 12.0. The van der Waals surface area contributed by atoms with Gasteiger partial charge in [-0.15, -0.1) is 0 Å². The molecule has 154 valence electrons. The molecule has 1 aliphatic heterocycles. The molecular formula is C21H25N3O5. The quantitative estimate of drug-likeness (QED) is 0.744. The smallest absolute Gasteiger partial charge is 0.325 e. The van der Waals surface area contributed by atoms with Crippen molar-refractivity contribution in [3.8, 4) is 17.2 Å². The van der Waals surface area contributed by atoms with Crippen LogP contribution in [0.1, 0.15) is 11.1 Å². The van der Waals surface area contributed by atoms with E-state index in [1.807, 2.05) is 26.0 Å². The zero-order valence-corrected chi connectivity index (χ0v) is 16.8. The van der Waals surface area contributed by atoms with Crippen LogP contribution in [0.4, 0.5) is 10.5 Å². The fraction of sp³-hybridized carbons (Fsp3) is 0.333. The van der Waals surface area contributed by atoms with Gasteiger partial charge in [0.1, 0.15) is 12.4 Å². The molecule has 3 rings (SSSR count). The summed E-state index contributed by atoms with van der Waals surface area (Å²) < 4.78 is 16.2. The van der Waals surface area contributed by atoms with E-state index in [1.54, 1.807) is 30.1 Å². The highest BCUT2D eigenvalue weighted by molar-refractivity contribution is 6.01. The number of benzene rings is 2. The van der Waals surface area contributed by atoms with E-state index in [1.165, 1.54) is 0 Å². The Morgan fingerprint density at radius 2 is 1.79 bits per heavy atom. The third-order valence-corrected chi connectivity index (χ3v) is 4.23. The topological polar surface area (TPSA) is 89.1 Å². The molecule has 0 aliphatic carbocycles. The van der Waals surface area contributed by atoms with Gasteiger partial charge >= 0.3 is 6.03 Å². The molecule has 29 heavy (non-hydrogen) atoms. The summed E-state index contributed by atoms with van der Waals surface area (Å²) in [6.45, 7) is 5.25. The van der Waals surface area contributed by atoms with E-state index < -0.39 is 11.9 Å². The Morgan fingerprint density at radius 1 is 1.07 bits per heavy atom. The average Bonchev–Trinajstić information content (AvgIpc) is 3.08. The minimum Gasteiger partial charge on any atom is -0.492 e. The van der Waals surface area contributed by atoms with Crippen LogP contribution in [0, 0.1) is 13.8 Å². The van der Waals surface area contributed by atoms with Gasteiger partial charge in [0.05, 0.1) is 6.54 Å². The highest BCUT2D eigenvalue weighted by Crippen LogP contribution is 2.34. The summed E-state index contributed by atoms with van der Waals surface area (Å²) in [6.07, 6.45) is 0. The number of ether oxygens (including phenoxy) is 3. The number of likely N-dealkylation sites (N-methyl/N-ethyl adjacent to an activating group) is 1. The first-order valence-electron chi connectivity index (χ1n) is 9.29. The van der Waals surface area contributed by atoms with Crippen LogP contribution in [0.5, 0.6) is 17.2 Å².